The van der Waals surface area contributed by atoms with Crippen LogP contribution in [0.2, 0.25) is 5.02 Å². The van der Waals surface area contributed by atoms with Crippen molar-refractivity contribution in [1.29, 1.82) is 0 Å². The molecule has 2 aromatic rings. The number of halogens is 5. The second-order valence-corrected chi connectivity index (χ2v) is 5.61. The van der Waals surface area contributed by atoms with Crippen molar-refractivity contribution in [2.75, 3.05) is 13.1 Å². The SMILES string of the molecule is Cl.Fc1ccc(OC(c2ccc(F)c(Cl)c2)C2CNC2)cc1F. The predicted molar refractivity (Wildman–Crippen MR) is 84.7 cm³/mol. The summed E-state index contributed by atoms with van der Waals surface area (Å²) in [4.78, 5) is 0. The first kappa shape index (κ1) is 17.9. The molecular weight excluding hydrogens is 350 g/mol. The Morgan fingerprint density at radius 1 is 1.00 bits per heavy atom. The van der Waals surface area contributed by atoms with Gasteiger partial charge in [-0.15, -0.1) is 12.4 Å². The maximum Gasteiger partial charge on any atom is 0.162 e. The molecule has 1 unspecified atom stereocenters. The predicted octanol–water partition coefficient (Wildman–Crippen LogP) is 4.52. The van der Waals surface area contributed by atoms with Gasteiger partial charge in [0.15, 0.2) is 11.6 Å². The van der Waals surface area contributed by atoms with Crippen molar-refractivity contribution >= 4 is 24.0 Å². The first-order valence-corrected chi connectivity index (χ1v) is 7.20. The summed E-state index contributed by atoms with van der Waals surface area (Å²) in [6.45, 7) is 1.45. The first-order valence-electron chi connectivity index (χ1n) is 6.82. The van der Waals surface area contributed by atoms with Crippen LogP contribution in [0.3, 0.4) is 0 Å². The van der Waals surface area contributed by atoms with Crippen molar-refractivity contribution in [3.63, 3.8) is 0 Å². The summed E-state index contributed by atoms with van der Waals surface area (Å²) < 4.78 is 45.4. The quantitative estimate of drug-likeness (QED) is 0.862. The lowest BCUT2D eigenvalue weighted by Crippen LogP contribution is -2.46. The highest BCUT2D eigenvalue weighted by molar-refractivity contribution is 6.30. The van der Waals surface area contributed by atoms with Gasteiger partial charge in [-0.25, -0.2) is 13.2 Å². The summed E-state index contributed by atoms with van der Waals surface area (Å²) >= 11 is 5.82. The van der Waals surface area contributed by atoms with E-state index < -0.39 is 23.6 Å². The van der Waals surface area contributed by atoms with Gasteiger partial charge < -0.3 is 10.1 Å². The fourth-order valence-corrected chi connectivity index (χ4v) is 2.54. The van der Waals surface area contributed by atoms with Crippen LogP contribution in [0.5, 0.6) is 5.75 Å². The fraction of sp³-hybridized carbons (Fsp3) is 0.250. The zero-order valence-electron chi connectivity index (χ0n) is 11.9. The molecule has 0 saturated carbocycles. The smallest absolute Gasteiger partial charge is 0.162 e. The van der Waals surface area contributed by atoms with Gasteiger partial charge in [-0.3, -0.25) is 0 Å². The molecule has 3 rings (SSSR count). The summed E-state index contributed by atoms with van der Waals surface area (Å²) in [5, 5.41) is 3.13. The first-order chi connectivity index (χ1) is 10.5. The average Bonchev–Trinajstić information content (AvgIpc) is 2.43. The Labute approximate surface area is 143 Å². The molecule has 0 bridgehead atoms. The molecule has 1 aliphatic rings. The molecule has 1 heterocycles. The molecule has 0 amide bonds. The van der Waals surface area contributed by atoms with Crippen LogP contribution in [0, 0.1) is 23.4 Å². The van der Waals surface area contributed by atoms with E-state index in [2.05, 4.69) is 5.32 Å². The maximum absolute atomic E-state index is 13.3. The Bertz CT molecular complexity index is 695. The van der Waals surface area contributed by atoms with Crippen LogP contribution in [-0.4, -0.2) is 13.1 Å². The summed E-state index contributed by atoms with van der Waals surface area (Å²) in [6.07, 6.45) is -0.413. The minimum atomic E-state index is -0.972. The third-order valence-corrected chi connectivity index (χ3v) is 3.96. The van der Waals surface area contributed by atoms with Gasteiger partial charge in [0.05, 0.1) is 5.02 Å². The molecule has 0 radical (unpaired) electrons. The van der Waals surface area contributed by atoms with E-state index in [9.17, 15) is 13.2 Å². The van der Waals surface area contributed by atoms with Crippen molar-refractivity contribution in [3.05, 3.63) is 64.4 Å². The molecule has 124 valence electrons. The van der Waals surface area contributed by atoms with Crippen LogP contribution in [0.15, 0.2) is 36.4 Å². The molecule has 1 atom stereocenters. The van der Waals surface area contributed by atoms with Gasteiger partial charge in [0.1, 0.15) is 17.7 Å². The number of nitrogens with one attached hydrogen (secondary N) is 1. The van der Waals surface area contributed by atoms with Gasteiger partial charge in [-0.2, -0.15) is 0 Å². The van der Waals surface area contributed by atoms with E-state index in [1.807, 2.05) is 0 Å². The Balaban J connectivity index is 0.00000192. The minimum Gasteiger partial charge on any atom is -0.485 e. The molecule has 0 aliphatic carbocycles. The molecule has 7 heteroatoms. The summed E-state index contributed by atoms with van der Waals surface area (Å²) in [7, 11) is 0. The highest BCUT2D eigenvalue weighted by Crippen LogP contribution is 2.33. The summed E-state index contributed by atoms with van der Waals surface area (Å²) in [5.74, 6) is -2.05. The van der Waals surface area contributed by atoms with Crippen LogP contribution in [0.4, 0.5) is 13.2 Å². The van der Waals surface area contributed by atoms with Gasteiger partial charge in [-0.1, -0.05) is 17.7 Å². The highest BCUT2D eigenvalue weighted by atomic mass is 35.5. The number of hydrogen-bond donors (Lipinski definition) is 1. The van der Waals surface area contributed by atoms with Crippen molar-refractivity contribution in [2.24, 2.45) is 5.92 Å². The zero-order valence-corrected chi connectivity index (χ0v) is 13.4. The molecule has 23 heavy (non-hydrogen) atoms. The van der Waals surface area contributed by atoms with Crippen LogP contribution in [0.25, 0.3) is 0 Å². The largest absolute Gasteiger partial charge is 0.485 e. The van der Waals surface area contributed by atoms with E-state index in [1.54, 1.807) is 6.07 Å². The second kappa shape index (κ2) is 7.43. The Kier molecular flexibility index (Phi) is 5.79. The van der Waals surface area contributed by atoms with E-state index in [1.165, 1.54) is 18.2 Å². The molecule has 2 aromatic carbocycles. The van der Waals surface area contributed by atoms with Gasteiger partial charge in [0.2, 0.25) is 0 Å². The monoisotopic (exact) mass is 363 g/mol. The number of hydrogen-bond acceptors (Lipinski definition) is 2. The van der Waals surface area contributed by atoms with Gasteiger partial charge in [-0.05, 0) is 29.8 Å². The van der Waals surface area contributed by atoms with E-state index in [-0.39, 0.29) is 29.1 Å². The number of rotatable bonds is 4. The molecule has 1 aliphatic heterocycles. The van der Waals surface area contributed by atoms with Crippen LogP contribution < -0.4 is 10.1 Å². The van der Waals surface area contributed by atoms with Crippen molar-refractivity contribution in [2.45, 2.75) is 6.10 Å². The summed E-state index contributed by atoms with van der Waals surface area (Å²) in [5.41, 5.74) is 0.697. The van der Waals surface area contributed by atoms with Gasteiger partial charge in [0, 0.05) is 25.1 Å². The van der Waals surface area contributed by atoms with Crippen LogP contribution in [0.1, 0.15) is 11.7 Å². The molecule has 1 saturated heterocycles. The Morgan fingerprint density at radius 3 is 2.26 bits per heavy atom. The second-order valence-electron chi connectivity index (χ2n) is 5.21. The highest BCUT2D eigenvalue weighted by Gasteiger charge is 2.30. The van der Waals surface area contributed by atoms with E-state index >= 15 is 0 Å². The van der Waals surface area contributed by atoms with Gasteiger partial charge in [0.25, 0.3) is 0 Å². The molecular formula is C16H14Cl2F3NO. The lowest BCUT2D eigenvalue weighted by molar-refractivity contribution is 0.0987. The third-order valence-electron chi connectivity index (χ3n) is 3.67. The Morgan fingerprint density at radius 2 is 1.70 bits per heavy atom. The number of ether oxygens (including phenoxy) is 1. The molecule has 2 nitrogen and oxygen atoms in total. The fourth-order valence-electron chi connectivity index (χ4n) is 2.35. The van der Waals surface area contributed by atoms with Crippen LogP contribution >= 0.6 is 24.0 Å². The molecule has 0 aromatic heterocycles. The van der Waals surface area contributed by atoms with Crippen molar-refractivity contribution in [1.82, 2.24) is 5.32 Å². The minimum absolute atomic E-state index is 0. The Hall–Kier alpha value is -1.43. The van der Waals surface area contributed by atoms with Crippen LogP contribution in [-0.2, 0) is 0 Å². The van der Waals surface area contributed by atoms with E-state index in [4.69, 9.17) is 16.3 Å². The topological polar surface area (TPSA) is 21.3 Å². The lowest BCUT2D eigenvalue weighted by Gasteiger charge is -2.35. The summed E-state index contributed by atoms with van der Waals surface area (Å²) in [6, 6.07) is 7.73. The maximum atomic E-state index is 13.3. The van der Waals surface area contributed by atoms with Crippen molar-refractivity contribution < 1.29 is 17.9 Å². The molecule has 0 spiro atoms. The molecule has 1 fully saturated rings. The lowest BCUT2D eigenvalue weighted by atomic mass is 9.91. The van der Waals surface area contributed by atoms with E-state index in [0.29, 0.717) is 5.56 Å². The van der Waals surface area contributed by atoms with Gasteiger partial charge >= 0.3 is 0 Å². The third kappa shape index (κ3) is 3.91. The molecule has 1 N–H and O–H groups in total. The normalized spacial score (nSPS) is 15.5. The number of benzene rings is 2. The standard InChI is InChI=1S/C16H13ClF3NO.ClH/c17-12-5-9(1-3-13(12)18)16(10-7-21-8-10)22-11-2-4-14(19)15(20)6-11;/h1-6,10,16,21H,7-8H2;1H. The average molecular weight is 364 g/mol. The van der Waals surface area contributed by atoms with E-state index in [0.717, 1.165) is 25.2 Å². The van der Waals surface area contributed by atoms with Crippen molar-refractivity contribution in [3.8, 4) is 5.75 Å². The zero-order chi connectivity index (χ0) is 15.7.